The molecule has 4 nitrogen and oxygen atoms in total. The number of ketones is 1. The number of methoxy groups -OCH3 is 1. The lowest BCUT2D eigenvalue weighted by atomic mass is 10.1. The maximum absolute atomic E-state index is 12.3. The average Bonchev–Trinajstić information content (AvgIpc) is 2.42. The summed E-state index contributed by atoms with van der Waals surface area (Å²) in [5.41, 5.74) is 0.727. The topological polar surface area (TPSA) is 32.8 Å². The van der Waals surface area contributed by atoms with Gasteiger partial charge in [0.15, 0.2) is 5.78 Å². The molecule has 2 rings (SSSR count). The number of nitrogens with zero attached hydrogens (tertiary/aromatic N) is 2. The summed E-state index contributed by atoms with van der Waals surface area (Å²) in [5.74, 6) is 0.896. The third kappa shape index (κ3) is 3.55. The van der Waals surface area contributed by atoms with Crippen molar-refractivity contribution in [2.75, 3.05) is 40.3 Å². The highest BCUT2D eigenvalue weighted by molar-refractivity contribution is 5.98. The lowest BCUT2D eigenvalue weighted by molar-refractivity contribution is 0.0747. The lowest BCUT2D eigenvalue weighted by Gasteiger charge is -2.37. The molecule has 4 heteroatoms. The molecule has 1 aromatic carbocycles. The first kappa shape index (κ1) is 14.0. The molecule has 1 unspecified atom stereocenters. The maximum atomic E-state index is 12.3. The zero-order valence-electron chi connectivity index (χ0n) is 11.9. The Kier molecular flexibility index (Phi) is 4.56. The Morgan fingerprint density at radius 3 is 2.89 bits per heavy atom. The number of rotatable bonds is 4. The van der Waals surface area contributed by atoms with Gasteiger partial charge in [0.05, 0.1) is 13.7 Å². The molecule has 19 heavy (non-hydrogen) atoms. The van der Waals surface area contributed by atoms with E-state index in [9.17, 15) is 4.79 Å². The van der Waals surface area contributed by atoms with Crippen LogP contribution in [0.4, 0.5) is 0 Å². The SMILES string of the molecule is COc1cccc(C(=O)CN2CCN(C)CC2C)c1. The zero-order chi connectivity index (χ0) is 13.8. The predicted octanol–water partition coefficient (Wildman–Crippen LogP) is 1.51. The van der Waals surface area contributed by atoms with Gasteiger partial charge in [-0.15, -0.1) is 0 Å². The molecule has 1 aromatic rings. The van der Waals surface area contributed by atoms with Gasteiger partial charge in [-0.25, -0.2) is 0 Å². The van der Waals surface area contributed by atoms with Gasteiger partial charge in [-0.3, -0.25) is 9.69 Å². The second-order valence-electron chi connectivity index (χ2n) is 5.24. The van der Waals surface area contributed by atoms with Crippen LogP contribution in [0.1, 0.15) is 17.3 Å². The minimum Gasteiger partial charge on any atom is -0.497 e. The van der Waals surface area contributed by atoms with Crippen molar-refractivity contribution >= 4 is 5.78 Å². The summed E-state index contributed by atoms with van der Waals surface area (Å²) in [6.45, 7) is 5.66. The van der Waals surface area contributed by atoms with E-state index in [1.54, 1.807) is 7.11 Å². The Labute approximate surface area is 115 Å². The van der Waals surface area contributed by atoms with Crippen LogP contribution in [0, 0.1) is 0 Å². The van der Waals surface area contributed by atoms with Gasteiger partial charge in [-0.2, -0.15) is 0 Å². The summed E-state index contributed by atoms with van der Waals surface area (Å²) in [5, 5.41) is 0. The first-order valence-corrected chi connectivity index (χ1v) is 6.70. The Hall–Kier alpha value is -1.39. The molecular weight excluding hydrogens is 240 g/mol. The highest BCUT2D eigenvalue weighted by atomic mass is 16.5. The molecule has 1 heterocycles. The quantitative estimate of drug-likeness (QED) is 0.770. The van der Waals surface area contributed by atoms with E-state index in [2.05, 4.69) is 23.8 Å². The van der Waals surface area contributed by atoms with Crippen molar-refractivity contribution < 1.29 is 9.53 Å². The van der Waals surface area contributed by atoms with E-state index in [-0.39, 0.29) is 5.78 Å². The van der Waals surface area contributed by atoms with Crippen LogP contribution in [0.25, 0.3) is 0 Å². The summed E-state index contributed by atoms with van der Waals surface area (Å²) in [6.07, 6.45) is 0. The average molecular weight is 262 g/mol. The third-order valence-electron chi connectivity index (χ3n) is 3.71. The first-order valence-electron chi connectivity index (χ1n) is 6.70. The van der Waals surface area contributed by atoms with Gasteiger partial charge in [0, 0.05) is 31.2 Å². The van der Waals surface area contributed by atoms with Gasteiger partial charge in [-0.05, 0) is 26.1 Å². The molecule has 0 saturated carbocycles. The smallest absolute Gasteiger partial charge is 0.176 e. The number of likely N-dealkylation sites (N-methyl/N-ethyl adjacent to an activating group) is 1. The van der Waals surface area contributed by atoms with Crippen molar-refractivity contribution in [3.63, 3.8) is 0 Å². The fourth-order valence-corrected chi connectivity index (χ4v) is 2.48. The molecule has 1 fully saturated rings. The Bertz CT molecular complexity index is 448. The van der Waals surface area contributed by atoms with E-state index < -0.39 is 0 Å². The van der Waals surface area contributed by atoms with Crippen LogP contribution in [0.3, 0.4) is 0 Å². The number of hydrogen-bond acceptors (Lipinski definition) is 4. The van der Waals surface area contributed by atoms with Gasteiger partial charge >= 0.3 is 0 Å². The summed E-state index contributed by atoms with van der Waals surface area (Å²) in [4.78, 5) is 16.9. The summed E-state index contributed by atoms with van der Waals surface area (Å²) < 4.78 is 5.16. The molecule has 0 amide bonds. The van der Waals surface area contributed by atoms with E-state index in [4.69, 9.17) is 4.74 Å². The molecule has 0 aliphatic carbocycles. The van der Waals surface area contributed by atoms with Crippen molar-refractivity contribution in [3.05, 3.63) is 29.8 Å². The highest BCUT2D eigenvalue weighted by Gasteiger charge is 2.23. The number of benzene rings is 1. The lowest BCUT2D eigenvalue weighted by Crippen LogP contribution is -2.51. The molecule has 0 spiro atoms. The van der Waals surface area contributed by atoms with Crippen LogP contribution in [0.15, 0.2) is 24.3 Å². The standard InChI is InChI=1S/C15H22N2O2/c1-12-10-16(2)7-8-17(12)11-15(18)13-5-4-6-14(9-13)19-3/h4-6,9,12H,7-8,10-11H2,1-3H3. The first-order chi connectivity index (χ1) is 9.10. The van der Waals surface area contributed by atoms with E-state index in [1.807, 2.05) is 24.3 Å². The molecule has 1 aliphatic rings. The van der Waals surface area contributed by atoms with Gasteiger partial charge in [0.1, 0.15) is 5.75 Å². The van der Waals surface area contributed by atoms with Gasteiger partial charge in [0.25, 0.3) is 0 Å². The Balaban J connectivity index is 2.00. The van der Waals surface area contributed by atoms with E-state index in [0.29, 0.717) is 12.6 Å². The molecule has 0 aromatic heterocycles. The minimum atomic E-state index is 0.162. The Morgan fingerprint density at radius 1 is 1.42 bits per heavy atom. The van der Waals surface area contributed by atoms with E-state index >= 15 is 0 Å². The molecule has 0 N–H and O–H groups in total. The molecular formula is C15H22N2O2. The van der Waals surface area contributed by atoms with Gasteiger partial charge < -0.3 is 9.64 Å². The number of hydrogen-bond donors (Lipinski definition) is 0. The molecule has 104 valence electrons. The van der Waals surface area contributed by atoms with Gasteiger partial charge in [-0.1, -0.05) is 12.1 Å². The number of carbonyl (C=O) groups excluding carboxylic acids is 1. The minimum absolute atomic E-state index is 0.162. The van der Waals surface area contributed by atoms with E-state index in [1.165, 1.54) is 0 Å². The monoisotopic (exact) mass is 262 g/mol. The predicted molar refractivity (Wildman–Crippen MR) is 75.9 cm³/mol. The highest BCUT2D eigenvalue weighted by Crippen LogP contribution is 2.15. The normalized spacial score (nSPS) is 21.3. The third-order valence-corrected chi connectivity index (χ3v) is 3.71. The largest absolute Gasteiger partial charge is 0.497 e. The van der Waals surface area contributed by atoms with Crippen molar-refractivity contribution in [2.45, 2.75) is 13.0 Å². The van der Waals surface area contributed by atoms with Crippen LogP contribution < -0.4 is 4.74 Å². The summed E-state index contributed by atoms with van der Waals surface area (Å²) >= 11 is 0. The number of ether oxygens (including phenoxy) is 1. The maximum Gasteiger partial charge on any atom is 0.176 e. The van der Waals surface area contributed by atoms with Crippen molar-refractivity contribution in [2.24, 2.45) is 0 Å². The number of piperazine rings is 1. The molecule has 0 bridgehead atoms. The van der Waals surface area contributed by atoms with Crippen molar-refractivity contribution in [1.82, 2.24) is 9.80 Å². The van der Waals surface area contributed by atoms with Gasteiger partial charge in [0.2, 0.25) is 0 Å². The number of Topliss-reactive ketones (excluding diaryl/α,β-unsaturated/α-hetero) is 1. The van der Waals surface area contributed by atoms with Crippen LogP contribution >= 0.6 is 0 Å². The van der Waals surface area contributed by atoms with E-state index in [0.717, 1.165) is 30.9 Å². The van der Waals surface area contributed by atoms with Crippen molar-refractivity contribution in [1.29, 1.82) is 0 Å². The van der Waals surface area contributed by atoms with Crippen molar-refractivity contribution in [3.8, 4) is 5.75 Å². The van der Waals surface area contributed by atoms with Crippen LogP contribution in [-0.4, -0.2) is 62.0 Å². The number of carbonyl (C=O) groups is 1. The molecule has 0 radical (unpaired) electrons. The summed E-state index contributed by atoms with van der Waals surface area (Å²) in [7, 11) is 3.74. The molecule has 1 aliphatic heterocycles. The second kappa shape index (κ2) is 6.17. The fraction of sp³-hybridized carbons (Fsp3) is 0.533. The zero-order valence-corrected chi connectivity index (χ0v) is 11.9. The fourth-order valence-electron chi connectivity index (χ4n) is 2.48. The van der Waals surface area contributed by atoms with Crippen LogP contribution in [0.2, 0.25) is 0 Å². The molecule has 1 saturated heterocycles. The van der Waals surface area contributed by atoms with Crippen LogP contribution in [-0.2, 0) is 0 Å². The Morgan fingerprint density at radius 2 is 2.21 bits per heavy atom. The van der Waals surface area contributed by atoms with Crippen LogP contribution in [0.5, 0.6) is 5.75 Å². The second-order valence-corrected chi connectivity index (χ2v) is 5.24. The summed E-state index contributed by atoms with van der Waals surface area (Å²) in [6, 6.07) is 7.80. The molecule has 1 atom stereocenters.